The molecule has 0 unspecified atom stereocenters. The number of allylic oxidation sites excluding steroid dienone is 3. The van der Waals surface area contributed by atoms with E-state index in [2.05, 4.69) is 5.73 Å². The summed E-state index contributed by atoms with van der Waals surface area (Å²) in [6.07, 6.45) is 7.18. The summed E-state index contributed by atoms with van der Waals surface area (Å²) in [7, 11) is 0. The number of hydrogen-bond donors (Lipinski definition) is 0. The summed E-state index contributed by atoms with van der Waals surface area (Å²) in [5.41, 5.74) is 4.94. The summed E-state index contributed by atoms with van der Waals surface area (Å²) >= 11 is 0. The molecule has 0 aromatic heterocycles. The second-order valence-corrected chi connectivity index (χ2v) is 3.51. The van der Waals surface area contributed by atoms with Gasteiger partial charge in [-0.1, -0.05) is 42.5 Å². The molecule has 1 aliphatic rings. The van der Waals surface area contributed by atoms with Crippen LogP contribution in [0, 0.1) is 0 Å². The Hall–Kier alpha value is -1.85. The Labute approximate surface area is 89.4 Å². The van der Waals surface area contributed by atoms with E-state index in [9.17, 15) is 4.79 Å². The van der Waals surface area contributed by atoms with E-state index in [0.717, 1.165) is 17.6 Å². The highest BCUT2D eigenvalue weighted by atomic mass is 16.1. The van der Waals surface area contributed by atoms with Crippen molar-refractivity contribution in [3.8, 4) is 0 Å². The summed E-state index contributed by atoms with van der Waals surface area (Å²) in [6.45, 7) is 0. The molecule has 2 rings (SSSR count). The van der Waals surface area contributed by atoms with Crippen LogP contribution in [0.1, 0.15) is 23.2 Å². The van der Waals surface area contributed by atoms with Crippen LogP contribution in [0.2, 0.25) is 0 Å². The van der Waals surface area contributed by atoms with Gasteiger partial charge in [0.05, 0.1) is 0 Å². The van der Waals surface area contributed by atoms with Crippen molar-refractivity contribution in [1.29, 1.82) is 0 Å². The fourth-order valence-electron chi connectivity index (χ4n) is 1.55. The van der Waals surface area contributed by atoms with E-state index in [1.54, 1.807) is 0 Å². The minimum Gasteiger partial charge on any atom is -0.294 e. The number of rotatable bonds is 3. The summed E-state index contributed by atoms with van der Waals surface area (Å²) in [5, 5.41) is 0. The van der Waals surface area contributed by atoms with Crippen LogP contribution >= 0.6 is 0 Å². The van der Waals surface area contributed by atoms with Crippen LogP contribution in [0.5, 0.6) is 0 Å². The Morgan fingerprint density at radius 2 is 2.07 bits per heavy atom. The molecular formula is C14H12O. The van der Waals surface area contributed by atoms with E-state index >= 15 is 0 Å². The van der Waals surface area contributed by atoms with Gasteiger partial charge in [-0.3, -0.25) is 4.79 Å². The molecule has 15 heavy (non-hydrogen) atoms. The molecule has 0 N–H and O–H groups in total. The predicted molar refractivity (Wildman–Crippen MR) is 60.7 cm³/mol. The lowest BCUT2D eigenvalue weighted by Gasteiger charge is -2.03. The smallest absolute Gasteiger partial charge is 0.167 e. The number of carbonyl (C=O) groups excluding carboxylic acids is 1. The molecule has 1 aliphatic carbocycles. The van der Waals surface area contributed by atoms with Gasteiger partial charge in [-0.05, 0) is 18.1 Å². The SMILES string of the molecule is O=C(CC1=C=CC=CC1)c1ccccc1. The van der Waals surface area contributed by atoms with Crippen molar-refractivity contribution in [2.24, 2.45) is 0 Å². The Morgan fingerprint density at radius 3 is 2.73 bits per heavy atom. The molecule has 0 aliphatic heterocycles. The quantitative estimate of drug-likeness (QED) is 0.535. The van der Waals surface area contributed by atoms with Gasteiger partial charge in [0.15, 0.2) is 5.78 Å². The molecule has 1 nitrogen and oxygen atoms in total. The van der Waals surface area contributed by atoms with E-state index in [4.69, 9.17) is 0 Å². The highest BCUT2D eigenvalue weighted by Gasteiger charge is 2.07. The lowest BCUT2D eigenvalue weighted by molar-refractivity contribution is 0.0992. The Kier molecular flexibility index (Phi) is 2.96. The van der Waals surface area contributed by atoms with Crippen molar-refractivity contribution in [3.05, 3.63) is 65.4 Å². The lowest BCUT2D eigenvalue weighted by atomic mass is 10.00. The first-order valence-corrected chi connectivity index (χ1v) is 5.04. The number of benzene rings is 1. The third kappa shape index (κ3) is 2.55. The Balaban J connectivity index is 2.08. The zero-order chi connectivity index (χ0) is 10.5. The van der Waals surface area contributed by atoms with Crippen LogP contribution in [-0.2, 0) is 0 Å². The van der Waals surface area contributed by atoms with Crippen molar-refractivity contribution in [2.45, 2.75) is 12.8 Å². The number of carbonyl (C=O) groups is 1. The Bertz CT molecular complexity index is 445. The maximum atomic E-state index is 11.8. The molecule has 1 aromatic carbocycles. The zero-order valence-electron chi connectivity index (χ0n) is 8.44. The van der Waals surface area contributed by atoms with Crippen LogP contribution in [0.3, 0.4) is 0 Å². The molecule has 0 bridgehead atoms. The van der Waals surface area contributed by atoms with E-state index in [-0.39, 0.29) is 5.78 Å². The van der Waals surface area contributed by atoms with Gasteiger partial charge in [-0.25, -0.2) is 0 Å². The van der Waals surface area contributed by atoms with Crippen molar-refractivity contribution < 1.29 is 4.79 Å². The van der Waals surface area contributed by atoms with Crippen LogP contribution in [-0.4, -0.2) is 5.78 Å². The van der Waals surface area contributed by atoms with Gasteiger partial charge >= 0.3 is 0 Å². The third-order valence-electron chi connectivity index (χ3n) is 2.35. The van der Waals surface area contributed by atoms with E-state index in [0.29, 0.717) is 6.42 Å². The minimum atomic E-state index is 0.168. The van der Waals surface area contributed by atoms with Gasteiger partial charge in [0.2, 0.25) is 0 Å². The van der Waals surface area contributed by atoms with Crippen molar-refractivity contribution in [1.82, 2.24) is 0 Å². The van der Waals surface area contributed by atoms with Gasteiger partial charge in [-0.15, -0.1) is 5.73 Å². The van der Waals surface area contributed by atoms with E-state index in [1.165, 1.54) is 0 Å². The molecule has 1 heteroatoms. The number of hydrogen-bond acceptors (Lipinski definition) is 1. The van der Waals surface area contributed by atoms with Crippen LogP contribution in [0.15, 0.2) is 59.9 Å². The molecule has 0 saturated heterocycles. The predicted octanol–water partition coefficient (Wildman–Crippen LogP) is 3.30. The minimum absolute atomic E-state index is 0.168. The Morgan fingerprint density at radius 1 is 1.27 bits per heavy atom. The molecule has 0 spiro atoms. The summed E-state index contributed by atoms with van der Waals surface area (Å²) < 4.78 is 0. The van der Waals surface area contributed by atoms with Crippen molar-refractivity contribution in [3.63, 3.8) is 0 Å². The van der Waals surface area contributed by atoms with Crippen LogP contribution in [0.25, 0.3) is 0 Å². The van der Waals surface area contributed by atoms with Crippen molar-refractivity contribution >= 4 is 5.78 Å². The maximum absolute atomic E-state index is 11.8. The molecule has 0 fully saturated rings. The standard InChI is InChI=1S/C14H12O/c15-14(13-9-5-2-6-10-13)11-12-7-3-1-4-8-12/h1-6,9-10H,7,11H2. The monoisotopic (exact) mass is 196 g/mol. The van der Waals surface area contributed by atoms with E-state index in [1.807, 2.05) is 48.6 Å². The van der Waals surface area contributed by atoms with Gasteiger partial charge in [-0.2, -0.15) is 0 Å². The summed E-state index contributed by atoms with van der Waals surface area (Å²) in [5.74, 6) is 0.168. The molecular weight excluding hydrogens is 184 g/mol. The van der Waals surface area contributed by atoms with Crippen molar-refractivity contribution in [2.75, 3.05) is 0 Å². The third-order valence-corrected chi connectivity index (χ3v) is 2.35. The molecule has 0 amide bonds. The normalized spacial score (nSPS) is 13.7. The first-order valence-electron chi connectivity index (χ1n) is 5.04. The van der Waals surface area contributed by atoms with Crippen LogP contribution < -0.4 is 0 Å². The molecule has 0 atom stereocenters. The zero-order valence-corrected chi connectivity index (χ0v) is 8.44. The maximum Gasteiger partial charge on any atom is 0.167 e. The molecule has 1 aromatic rings. The topological polar surface area (TPSA) is 17.1 Å². The first-order chi connectivity index (χ1) is 7.36. The number of ketones is 1. The second-order valence-electron chi connectivity index (χ2n) is 3.51. The molecule has 74 valence electrons. The fourth-order valence-corrected chi connectivity index (χ4v) is 1.55. The van der Waals surface area contributed by atoms with Crippen LogP contribution in [0.4, 0.5) is 0 Å². The van der Waals surface area contributed by atoms with Gasteiger partial charge < -0.3 is 0 Å². The molecule has 0 heterocycles. The highest BCUT2D eigenvalue weighted by molar-refractivity contribution is 5.97. The average Bonchev–Trinajstić information content (AvgIpc) is 2.31. The second kappa shape index (κ2) is 4.59. The van der Waals surface area contributed by atoms with Gasteiger partial charge in [0, 0.05) is 12.0 Å². The highest BCUT2D eigenvalue weighted by Crippen LogP contribution is 2.14. The number of Topliss-reactive ketones (excluding diaryl/α,β-unsaturated/α-hetero) is 1. The van der Waals surface area contributed by atoms with Gasteiger partial charge in [0.25, 0.3) is 0 Å². The average molecular weight is 196 g/mol. The van der Waals surface area contributed by atoms with E-state index < -0.39 is 0 Å². The van der Waals surface area contributed by atoms with Gasteiger partial charge in [0.1, 0.15) is 0 Å². The summed E-state index contributed by atoms with van der Waals surface area (Å²) in [6, 6.07) is 9.40. The molecule has 0 radical (unpaired) electrons. The summed E-state index contributed by atoms with van der Waals surface area (Å²) in [4.78, 5) is 11.8. The fraction of sp³-hybridized carbons (Fsp3) is 0.143. The largest absolute Gasteiger partial charge is 0.294 e. The molecule has 0 saturated carbocycles. The lowest BCUT2D eigenvalue weighted by Crippen LogP contribution is -2.00. The first kappa shape index (κ1) is 9.70.